The highest BCUT2D eigenvalue weighted by Gasteiger charge is 2.15. The number of benzene rings is 1. The number of amidine groups is 1. The van der Waals surface area contributed by atoms with E-state index in [0.29, 0.717) is 23.8 Å². The predicted octanol–water partition coefficient (Wildman–Crippen LogP) is 2.81. The minimum absolute atomic E-state index is 0.360. The Labute approximate surface area is 171 Å². The number of hydroxylamine groups is 1. The van der Waals surface area contributed by atoms with E-state index in [1.807, 2.05) is 18.2 Å². The smallest absolute Gasteiger partial charge is 0.230 e. The standard InChI is InChI=1S/C22H28N4O3/c27-25-21(23-10-11-26-12-14-28-15-13-26)20-6-3-9-24-22(20)29-19-8-7-17-4-1-2-5-18(17)16-19/h3,6-9,16,27H,1-2,4-5,10-15H2,(H,23,25). The fourth-order valence-electron chi connectivity index (χ4n) is 3.85. The number of rotatable bonds is 6. The van der Waals surface area contributed by atoms with Crippen molar-refractivity contribution in [1.29, 1.82) is 0 Å². The molecule has 2 N–H and O–H groups in total. The molecule has 7 nitrogen and oxygen atoms in total. The number of fused-ring (bicyclic) bond motifs is 1. The van der Waals surface area contributed by atoms with Crippen LogP contribution in [0.15, 0.2) is 41.5 Å². The van der Waals surface area contributed by atoms with E-state index in [4.69, 9.17) is 9.47 Å². The summed E-state index contributed by atoms with van der Waals surface area (Å²) in [6, 6.07) is 9.90. The summed E-state index contributed by atoms with van der Waals surface area (Å²) in [5.74, 6) is 1.55. The highest BCUT2D eigenvalue weighted by molar-refractivity contribution is 6.00. The Morgan fingerprint density at radius 1 is 1.17 bits per heavy atom. The van der Waals surface area contributed by atoms with Gasteiger partial charge in [0, 0.05) is 25.8 Å². The lowest BCUT2D eigenvalue weighted by Gasteiger charge is -2.25. The lowest BCUT2D eigenvalue weighted by atomic mass is 9.92. The van der Waals surface area contributed by atoms with Crippen LogP contribution in [0.5, 0.6) is 11.6 Å². The number of nitrogens with one attached hydrogen (secondary N) is 1. The van der Waals surface area contributed by atoms with E-state index < -0.39 is 0 Å². The van der Waals surface area contributed by atoms with Crippen molar-refractivity contribution < 1.29 is 14.7 Å². The van der Waals surface area contributed by atoms with Gasteiger partial charge in [0.2, 0.25) is 5.88 Å². The van der Waals surface area contributed by atoms with Crippen LogP contribution < -0.4 is 10.2 Å². The first-order valence-electron chi connectivity index (χ1n) is 10.3. The van der Waals surface area contributed by atoms with E-state index >= 15 is 0 Å². The molecule has 4 rings (SSSR count). The van der Waals surface area contributed by atoms with Crippen LogP contribution in [0.2, 0.25) is 0 Å². The van der Waals surface area contributed by atoms with E-state index in [1.54, 1.807) is 6.20 Å². The zero-order valence-electron chi connectivity index (χ0n) is 16.6. The molecular weight excluding hydrogens is 368 g/mol. The maximum atomic E-state index is 9.67. The van der Waals surface area contributed by atoms with Gasteiger partial charge in [-0.05, 0) is 61.1 Å². The van der Waals surface area contributed by atoms with Gasteiger partial charge in [0.05, 0.1) is 25.3 Å². The van der Waals surface area contributed by atoms with Crippen LogP contribution in [0, 0.1) is 0 Å². The van der Waals surface area contributed by atoms with Gasteiger partial charge in [0.15, 0.2) is 5.84 Å². The predicted molar refractivity (Wildman–Crippen MR) is 111 cm³/mol. The molecule has 0 radical (unpaired) electrons. The van der Waals surface area contributed by atoms with Crippen molar-refractivity contribution in [3.8, 4) is 11.6 Å². The van der Waals surface area contributed by atoms with Crippen LogP contribution in [-0.4, -0.2) is 60.3 Å². The van der Waals surface area contributed by atoms with Crippen molar-refractivity contribution in [1.82, 2.24) is 15.4 Å². The lowest BCUT2D eigenvalue weighted by Crippen LogP contribution is -2.38. The Hall–Kier alpha value is -2.48. The molecule has 154 valence electrons. The summed E-state index contributed by atoms with van der Waals surface area (Å²) >= 11 is 0. The van der Waals surface area contributed by atoms with Crippen molar-refractivity contribution >= 4 is 5.84 Å². The van der Waals surface area contributed by atoms with Gasteiger partial charge < -0.3 is 9.47 Å². The minimum Gasteiger partial charge on any atom is -0.438 e. The lowest BCUT2D eigenvalue weighted by molar-refractivity contribution is 0.0394. The van der Waals surface area contributed by atoms with E-state index in [1.165, 1.54) is 24.0 Å². The molecule has 1 aliphatic heterocycles. The SMILES string of the molecule is ONC(=NCCN1CCOCC1)c1cccnc1Oc1ccc2c(c1)CCCC2. The third-order valence-corrected chi connectivity index (χ3v) is 5.46. The van der Waals surface area contributed by atoms with Gasteiger partial charge in [-0.25, -0.2) is 4.98 Å². The van der Waals surface area contributed by atoms with Crippen LogP contribution in [-0.2, 0) is 17.6 Å². The van der Waals surface area contributed by atoms with Gasteiger partial charge in [-0.3, -0.25) is 20.6 Å². The molecule has 0 unspecified atom stereocenters. The van der Waals surface area contributed by atoms with Crippen molar-refractivity contribution in [3.05, 3.63) is 53.2 Å². The summed E-state index contributed by atoms with van der Waals surface area (Å²) in [4.78, 5) is 11.2. The Balaban J connectivity index is 1.48. The molecule has 2 aromatic rings. The fourth-order valence-corrected chi connectivity index (χ4v) is 3.85. The largest absolute Gasteiger partial charge is 0.438 e. The summed E-state index contributed by atoms with van der Waals surface area (Å²) in [5.41, 5.74) is 5.62. The molecule has 0 bridgehead atoms. The van der Waals surface area contributed by atoms with Crippen LogP contribution in [0.25, 0.3) is 0 Å². The Bertz CT molecular complexity index is 850. The first-order chi connectivity index (χ1) is 14.3. The normalized spacial score (nSPS) is 17.6. The Kier molecular flexibility index (Phi) is 6.71. The van der Waals surface area contributed by atoms with E-state index in [-0.39, 0.29) is 0 Å². The third-order valence-electron chi connectivity index (χ3n) is 5.46. The van der Waals surface area contributed by atoms with Crippen molar-refractivity contribution in [2.45, 2.75) is 25.7 Å². The number of pyridine rings is 1. The second-order valence-corrected chi connectivity index (χ2v) is 7.39. The summed E-state index contributed by atoms with van der Waals surface area (Å²) < 4.78 is 11.5. The van der Waals surface area contributed by atoms with Crippen LogP contribution in [0.1, 0.15) is 29.5 Å². The highest BCUT2D eigenvalue weighted by Crippen LogP contribution is 2.29. The zero-order valence-corrected chi connectivity index (χ0v) is 16.6. The molecule has 0 spiro atoms. The second kappa shape index (κ2) is 9.82. The zero-order chi connectivity index (χ0) is 19.9. The molecule has 1 aromatic carbocycles. The molecule has 1 aromatic heterocycles. The molecule has 2 heterocycles. The number of hydrogen-bond donors (Lipinski definition) is 2. The molecule has 7 heteroatoms. The van der Waals surface area contributed by atoms with Gasteiger partial charge in [-0.15, -0.1) is 0 Å². The summed E-state index contributed by atoms with van der Waals surface area (Å²) in [5, 5.41) is 9.67. The van der Waals surface area contributed by atoms with Gasteiger partial charge in [0.1, 0.15) is 5.75 Å². The number of aromatic nitrogens is 1. The number of nitrogens with zero attached hydrogens (tertiary/aromatic N) is 3. The van der Waals surface area contributed by atoms with Crippen LogP contribution in [0.3, 0.4) is 0 Å². The Morgan fingerprint density at radius 2 is 2.00 bits per heavy atom. The average molecular weight is 396 g/mol. The van der Waals surface area contributed by atoms with Gasteiger partial charge in [-0.1, -0.05) is 6.07 Å². The molecule has 0 amide bonds. The van der Waals surface area contributed by atoms with Crippen LogP contribution >= 0.6 is 0 Å². The van der Waals surface area contributed by atoms with Crippen molar-refractivity contribution in [3.63, 3.8) is 0 Å². The van der Waals surface area contributed by atoms with E-state index in [0.717, 1.165) is 51.4 Å². The molecule has 1 saturated heterocycles. The Morgan fingerprint density at radius 3 is 2.83 bits per heavy atom. The van der Waals surface area contributed by atoms with Gasteiger partial charge in [0.25, 0.3) is 0 Å². The van der Waals surface area contributed by atoms with Crippen molar-refractivity contribution in [2.75, 3.05) is 39.4 Å². The molecular formula is C22H28N4O3. The number of aryl methyl sites for hydroxylation is 2. The maximum absolute atomic E-state index is 9.67. The maximum Gasteiger partial charge on any atom is 0.230 e. The summed E-state index contributed by atoms with van der Waals surface area (Å²) in [6.07, 6.45) is 6.39. The van der Waals surface area contributed by atoms with Gasteiger partial charge in [-0.2, -0.15) is 0 Å². The van der Waals surface area contributed by atoms with E-state index in [2.05, 4.69) is 32.5 Å². The number of morpholine rings is 1. The third kappa shape index (κ3) is 5.12. The topological polar surface area (TPSA) is 79.2 Å². The first kappa shape index (κ1) is 19.8. The number of hydrogen-bond acceptors (Lipinski definition) is 6. The molecule has 29 heavy (non-hydrogen) atoms. The molecule has 0 saturated carbocycles. The molecule has 2 aliphatic rings. The molecule has 1 aliphatic carbocycles. The summed E-state index contributed by atoms with van der Waals surface area (Å²) in [6.45, 7) is 4.73. The quantitative estimate of drug-likeness (QED) is 0.444. The monoisotopic (exact) mass is 396 g/mol. The van der Waals surface area contributed by atoms with Crippen LogP contribution in [0.4, 0.5) is 0 Å². The fraction of sp³-hybridized carbons (Fsp3) is 0.455. The van der Waals surface area contributed by atoms with E-state index in [9.17, 15) is 5.21 Å². The summed E-state index contributed by atoms with van der Waals surface area (Å²) in [7, 11) is 0. The first-order valence-corrected chi connectivity index (χ1v) is 10.3. The average Bonchev–Trinajstić information content (AvgIpc) is 2.78. The molecule has 1 fully saturated rings. The number of ether oxygens (including phenoxy) is 2. The van der Waals surface area contributed by atoms with Gasteiger partial charge >= 0.3 is 0 Å². The molecule has 0 atom stereocenters. The minimum atomic E-state index is 0.360. The second-order valence-electron chi connectivity index (χ2n) is 7.39. The number of aliphatic imine (C=N–C) groups is 1. The highest BCUT2D eigenvalue weighted by atomic mass is 16.5. The van der Waals surface area contributed by atoms with Crippen molar-refractivity contribution in [2.24, 2.45) is 4.99 Å².